The summed E-state index contributed by atoms with van der Waals surface area (Å²) in [5, 5.41) is 13.1. The number of benzene rings is 1. The highest BCUT2D eigenvalue weighted by molar-refractivity contribution is 6.06. The molecule has 102 valence electrons. The van der Waals surface area contributed by atoms with Gasteiger partial charge in [-0.2, -0.15) is 0 Å². The lowest BCUT2D eigenvalue weighted by Gasteiger charge is -2.10. The summed E-state index contributed by atoms with van der Waals surface area (Å²) in [5.41, 5.74) is 1.62. The van der Waals surface area contributed by atoms with Gasteiger partial charge in [-0.25, -0.2) is 0 Å². The minimum atomic E-state index is -0.691. The summed E-state index contributed by atoms with van der Waals surface area (Å²) in [5.74, 6) is -0.188. The van der Waals surface area contributed by atoms with Crippen LogP contribution in [0.5, 0.6) is 0 Å². The molecule has 0 aliphatic rings. The minimum absolute atomic E-state index is 0.176. The third-order valence-electron chi connectivity index (χ3n) is 3.00. The van der Waals surface area contributed by atoms with Crippen LogP contribution >= 0.6 is 0 Å². The Morgan fingerprint density at radius 2 is 2.21 bits per heavy atom. The molecule has 0 fully saturated rings. The van der Waals surface area contributed by atoms with E-state index in [0.29, 0.717) is 5.56 Å². The predicted molar refractivity (Wildman–Crippen MR) is 73.1 cm³/mol. The quantitative estimate of drug-likeness (QED) is 0.842. The Morgan fingerprint density at radius 3 is 2.95 bits per heavy atom. The van der Waals surface area contributed by atoms with Crippen LogP contribution in [-0.2, 0) is 11.8 Å². The second-order valence-electron chi connectivity index (χ2n) is 4.49. The number of fused-ring (bicyclic) bond motifs is 1. The van der Waals surface area contributed by atoms with Crippen LogP contribution in [0.4, 0.5) is 0 Å². The zero-order valence-electron chi connectivity index (χ0n) is 11.1. The monoisotopic (exact) mass is 262 g/mol. The van der Waals surface area contributed by atoms with Gasteiger partial charge in [0.1, 0.15) is 0 Å². The van der Waals surface area contributed by atoms with Gasteiger partial charge in [0.2, 0.25) is 0 Å². The average molecular weight is 262 g/mol. The number of rotatable bonds is 5. The van der Waals surface area contributed by atoms with Crippen LogP contribution in [0.25, 0.3) is 10.9 Å². The number of nitrogens with one attached hydrogen (secondary N) is 1. The van der Waals surface area contributed by atoms with Crippen molar-refractivity contribution < 1.29 is 14.6 Å². The van der Waals surface area contributed by atoms with Crippen LogP contribution in [0.2, 0.25) is 0 Å². The number of ether oxygens (including phenoxy) is 1. The van der Waals surface area contributed by atoms with E-state index in [2.05, 4.69) is 5.32 Å². The molecule has 0 spiro atoms. The molecule has 1 atom stereocenters. The third kappa shape index (κ3) is 2.94. The van der Waals surface area contributed by atoms with Crippen LogP contribution in [0.15, 0.2) is 30.5 Å². The van der Waals surface area contributed by atoms with Crippen molar-refractivity contribution in [3.05, 3.63) is 36.0 Å². The number of hydrogen-bond donors (Lipinski definition) is 2. The summed E-state index contributed by atoms with van der Waals surface area (Å²) in [7, 11) is 3.41. The summed E-state index contributed by atoms with van der Waals surface area (Å²) in [6.07, 6.45) is 1.10. The predicted octanol–water partition coefficient (Wildman–Crippen LogP) is 0.915. The van der Waals surface area contributed by atoms with Crippen molar-refractivity contribution in [1.29, 1.82) is 0 Å². The Kier molecular flexibility index (Phi) is 4.19. The van der Waals surface area contributed by atoms with Gasteiger partial charge in [-0.1, -0.05) is 18.2 Å². The largest absolute Gasteiger partial charge is 0.389 e. The second-order valence-corrected chi connectivity index (χ2v) is 4.49. The SMILES string of the molecule is COCC(O)CNC(=O)c1cn(C)c2ccccc12. The van der Waals surface area contributed by atoms with Crippen LogP contribution in [0.3, 0.4) is 0 Å². The van der Waals surface area contributed by atoms with E-state index in [4.69, 9.17) is 4.74 Å². The van der Waals surface area contributed by atoms with Crippen LogP contribution < -0.4 is 5.32 Å². The molecule has 5 nitrogen and oxygen atoms in total. The van der Waals surface area contributed by atoms with Crippen molar-refractivity contribution in [3.63, 3.8) is 0 Å². The molecule has 19 heavy (non-hydrogen) atoms. The first-order chi connectivity index (χ1) is 9.13. The Bertz CT molecular complexity index is 577. The Labute approximate surface area is 111 Å². The Hall–Kier alpha value is -1.85. The number of carbonyl (C=O) groups is 1. The van der Waals surface area contributed by atoms with E-state index in [1.165, 1.54) is 7.11 Å². The third-order valence-corrected chi connectivity index (χ3v) is 3.00. The number of methoxy groups -OCH3 is 1. The van der Waals surface area contributed by atoms with Gasteiger partial charge < -0.3 is 19.7 Å². The summed E-state index contributed by atoms with van der Waals surface area (Å²) >= 11 is 0. The van der Waals surface area contributed by atoms with E-state index in [9.17, 15) is 9.90 Å². The zero-order chi connectivity index (χ0) is 13.8. The summed E-state index contributed by atoms with van der Waals surface area (Å²) < 4.78 is 6.72. The van der Waals surface area contributed by atoms with E-state index in [1.54, 1.807) is 6.20 Å². The maximum Gasteiger partial charge on any atom is 0.253 e. The average Bonchev–Trinajstić information content (AvgIpc) is 2.75. The molecule has 5 heteroatoms. The van der Waals surface area contributed by atoms with Crippen molar-refractivity contribution in [1.82, 2.24) is 9.88 Å². The number of aryl methyl sites for hydroxylation is 1. The molecule has 2 N–H and O–H groups in total. The highest BCUT2D eigenvalue weighted by Gasteiger charge is 2.14. The summed E-state index contributed by atoms with van der Waals surface area (Å²) in [6, 6.07) is 7.72. The van der Waals surface area contributed by atoms with Gasteiger partial charge in [-0.3, -0.25) is 4.79 Å². The fourth-order valence-corrected chi connectivity index (χ4v) is 2.08. The van der Waals surface area contributed by atoms with Crippen molar-refractivity contribution in [2.24, 2.45) is 7.05 Å². The fourth-order valence-electron chi connectivity index (χ4n) is 2.08. The topological polar surface area (TPSA) is 63.5 Å². The van der Waals surface area contributed by atoms with Gasteiger partial charge in [-0.15, -0.1) is 0 Å². The minimum Gasteiger partial charge on any atom is -0.389 e. The molecular weight excluding hydrogens is 244 g/mol. The smallest absolute Gasteiger partial charge is 0.253 e. The first-order valence-electron chi connectivity index (χ1n) is 6.12. The van der Waals surface area contributed by atoms with Gasteiger partial charge in [0, 0.05) is 37.8 Å². The standard InChI is InChI=1S/C14H18N2O3/c1-16-8-12(11-5-3-4-6-13(11)16)14(18)15-7-10(17)9-19-2/h3-6,8,10,17H,7,9H2,1-2H3,(H,15,18). The molecule has 2 rings (SSSR count). The maximum absolute atomic E-state index is 12.1. The van der Waals surface area contributed by atoms with E-state index < -0.39 is 6.10 Å². The normalized spacial score (nSPS) is 12.6. The van der Waals surface area contributed by atoms with Crippen molar-refractivity contribution >= 4 is 16.8 Å². The summed E-state index contributed by atoms with van der Waals surface area (Å²) in [6.45, 7) is 0.381. The first kappa shape index (κ1) is 13.6. The van der Waals surface area contributed by atoms with Gasteiger partial charge in [0.15, 0.2) is 0 Å². The van der Waals surface area contributed by atoms with Crippen molar-refractivity contribution in [3.8, 4) is 0 Å². The van der Waals surface area contributed by atoms with Crippen molar-refractivity contribution in [2.75, 3.05) is 20.3 Å². The molecule has 0 aliphatic heterocycles. The van der Waals surface area contributed by atoms with Gasteiger partial charge >= 0.3 is 0 Å². The molecule has 1 aromatic carbocycles. The molecule has 0 bridgehead atoms. The van der Waals surface area contributed by atoms with Crippen LogP contribution in [0, 0.1) is 0 Å². The first-order valence-corrected chi connectivity index (χ1v) is 6.12. The molecule has 0 aliphatic carbocycles. The lowest BCUT2D eigenvalue weighted by molar-refractivity contribution is 0.0610. The summed E-state index contributed by atoms with van der Waals surface area (Å²) in [4.78, 5) is 12.1. The molecule has 1 aromatic heterocycles. The highest BCUT2D eigenvalue weighted by Crippen LogP contribution is 2.19. The van der Waals surface area contributed by atoms with Gasteiger partial charge in [-0.05, 0) is 6.07 Å². The van der Waals surface area contributed by atoms with E-state index in [1.807, 2.05) is 35.9 Å². The second kappa shape index (κ2) is 5.86. The number of amides is 1. The number of aliphatic hydroxyl groups is 1. The highest BCUT2D eigenvalue weighted by atomic mass is 16.5. The van der Waals surface area contributed by atoms with Crippen LogP contribution in [0.1, 0.15) is 10.4 Å². The zero-order valence-corrected chi connectivity index (χ0v) is 11.1. The number of para-hydroxylation sites is 1. The number of aliphatic hydroxyl groups excluding tert-OH is 1. The number of hydrogen-bond acceptors (Lipinski definition) is 3. The van der Waals surface area contributed by atoms with Gasteiger partial charge in [0.25, 0.3) is 5.91 Å². The molecule has 0 saturated carbocycles. The maximum atomic E-state index is 12.1. The molecule has 2 aromatic rings. The van der Waals surface area contributed by atoms with E-state index in [-0.39, 0.29) is 19.1 Å². The Morgan fingerprint density at radius 1 is 1.47 bits per heavy atom. The number of nitrogens with zero attached hydrogens (tertiary/aromatic N) is 1. The fraction of sp³-hybridized carbons (Fsp3) is 0.357. The lowest BCUT2D eigenvalue weighted by Crippen LogP contribution is -2.34. The van der Waals surface area contributed by atoms with Crippen LogP contribution in [-0.4, -0.2) is 41.9 Å². The number of carbonyl (C=O) groups excluding carboxylic acids is 1. The Balaban J connectivity index is 2.13. The van der Waals surface area contributed by atoms with E-state index in [0.717, 1.165) is 10.9 Å². The van der Waals surface area contributed by atoms with E-state index >= 15 is 0 Å². The van der Waals surface area contributed by atoms with Crippen molar-refractivity contribution in [2.45, 2.75) is 6.10 Å². The van der Waals surface area contributed by atoms with Gasteiger partial charge in [0.05, 0.1) is 18.3 Å². The number of aromatic nitrogens is 1. The molecule has 0 saturated heterocycles. The molecular formula is C14H18N2O3. The lowest BCUT2D eigenvalue weighted by atomic mass is 10.1. The molecule has 1 heterocycles. The molecule has 1 amide bonds. The molecule has 0 radical (unpaired) electrons. The molecule has 1 unspecified atom stereocenters.